The molecule has 3 aromatic heterocycles. The Morgan fingerprint density at radius 1 is 1.21 bits per heavy atom. The van der Waals surface area contributed by atoms with Crippen LogP contribution < -0.4 is 4.72 Å². The fourth-order valence-corrected chi connectivity index (χ4v) is 4.84. The van der Waals surface area contributed by atoms with E-state index >= 15 is 4.39 Å². The van der Waals surface area contributed by atoms with Crippen molar-refractivity contribution < 1.29 is 21.8 Å². The first kappa shape index (κ1) is 23.8. The van der Waals surface area contributed by atoms with Gasteiger partial charge in [-0.25, -0.2) is 18.3 Å². The molecule has 4 rings (SSSR count). The minimum Gasteiger partial charge on any atom is -0.332 e. The lowest BCUT2D eigenvalue weighted by molar-refractivity contribution is -0.140. The van der Waals surface area contributed by atoms with Gasteiger partial charge < -0.3 is 4.57 Å². The lowest BCUT2D eigenvalue weighted by Crippen LogP contribution is -2.19. The summed E-state index contributed by atoms with van der Waals surface area (Å²) >= 11 is 0. The monoisotopic (exact) mass is 482 g/mol. The molecule has 3 aromatic rings. The van der Waals surface area contributed by atoms with E-state index in [4.69, 9.17) is 0 Å². The third kappa shape index (κ3) is 5.27. The topological polar surface area (TPSA) is 59.8 Å². The molecule has 33 heavy (non-hydrogen) atoms. The number of aromatic nitrogens is 3. The second kappa shape index (κ2) is 8.47. The Bertz CT molecular complexity index is 1230. The molecule has 1 unspecified atom stereocenters. The first-order valence-corrected chi connectivity index (χ1v) is 11.9. The standard InChI is InChI=1S/C23H26F4N4OS/c1-13-7-17(20(28-9-13)23(25,26)27)19-18(24)8-16-14(10-29-33(32)15-5-6-15)11-31(21(16)30-19)12-22(2,3)4/h7-9,11,15,29H,5-6,10,12H2,1-4H3. The molecular weight excluding hydrogens is 456 g/mol. The van der Waals surface area contributed by atoms with Gasteiger partial charge in [-0.2, -0.15) is 13.2 Å². The maximum Gasteiger partial charge on any atom is 0.434 e. The minimum atomic E-state index is -4.75. The normalized spacial score (nSPS) is 15.9. The molecule has 1 saturated carbocycles. The molecule has 1 fully saturated rings. The van der Waals surface area contributed by atoms with Gasteiger partial charge in [0.25, 0.3) is 0 Å². The van der Waals surface area contributed by atoms with E-state index < -0.39 is 28.7 Å². The Kier molecular flexibility index (Phi) is 6.11. The average molecular weight is 483 g/mol. The van der Waals surface area contributed by atoms with Crippen LogP contribution in [0.5, 0.6) is 0 Å². The Labute approximate surface area is 192 Å². The summed E-state index contributed by atoms with van der Waals surface area (Å²) in [5.74, 6) is -0.863. The van der Waals surface area contributed by atoms with Crippen molar-refractivity contribution in [3.8, 4) is 11.3 Å². The van der Waals surface area contributed by atoms with Gasteiger partial charge in [0.05, 0.1) is 11.0 Å². The van der Waals surface area contributed by atoms with Crippen LogP contribution in [0.4, 0.5) is 17.6 Å². The van der Waals surface area contributed by atoms with Crippen LogP contribution in [0.25, 0.3) is 22.3 Å². The van der Waals surface area contributed by atoms with Crippen molar-refractivity contribution in [3.05, 3.63) is 47.2 Å². The molecule has 0 bridgehead atoms. The largest absolute Gasteiger partial charge is 0.434 e. The van der Waals surface area contributed by atoms with Crippen LogP contribution in [0.2, 0.25) is 0 Å². The Hall–Kier alpha value is -2.33. The summed E-state index contributed by atoms with van der Waals surface area (Å²) in [4.78, 5) is 7.91. The predicted octanol–water partition coefficient (Wildman–Crippen LogP) is 5.53. The first-order chi connectivity index (χ1) is 15.3. The molecule has 1 N–H and O–H groups in total. The first-order valence-electron chi connectivity index (χ1n) is 10.7. The van der Waals surface area contributed by atoms with Crippen LogP contribution in [-0.4, -0.2) is 24.0 Å². The summed E-state index contributed by atoms with van der Waals surface area (Å²) in [6.45, 7) is 8.43. The van der Waals surface area contributed by atoms with Gasteiger partial charge in [-0.05, 0) is 48.4 Å². The number of alkyl halides is 3. The third-order valence-electron chi connectivity index (χ3n) is 5.31. The molecule has 1 aliphatic rings. The molecule has 0 saturated heterocycles. The number of nitrogens with zero attached hydrogens (tertiary/aromatic N) is 3. The number of pyridine rings is 2. The number of hydrogen-bond donors (Lipinski definition) is 1. The van der Waals surface area contributed by atoms with Gasteiger partial charge in [-0.15, -0.1) is 0 Å². The van der Waals surface area contributed by atoms with Crippen molar-refractivity contribution in [3.63, 3.8) is 0 Å². The SMILES string of the molecule is Cc1cnc(C(F)(F)F)c(-c2nc3c(cc2F)c(CNS(=O)C2CC2)cn3CC(C)(C)C)c1. The summed E-state index contributed by atoms with van der Waals surface area (Å²) in [5.41, 5.74) is -0.567. The maximum absolute atomic E-state index is 15.2. The minimum absolute atomic E-state index is 0.143. The zero-order chi connectivity index (χ0) is 24.1. The molecular formula is C23H26F4N4OS. The number of hydrogen-bond acceptors (Lipinski definition) is 3. The van der Waals surface area contributed by atoms with E-state index in [0.29, 0.717) is 28.7 Å². The van der Waals surface area contributed by atoms with Crippen LogP contribution in [0.1, 0.15) is 50.4 Å². The molecule has 0 amide bonds. The summed E-state index contributed by atoms with van der Waals surface area (Å²) in [7, 11) is -1.18. The lowest BCUT2D eigenvalue weighted by Gasteiger charge is -2.20. The zero-order valence-corrected chi connectivity index (χ0v) is 19.7. The second-order valence-electron chi connectivity index (χ2n) is 9.76. The second-order valence-corrected chi connectivity index (χ2v) is 11.3. The fraction of sp³-hybridized carbons (Fsp3) is 0.478. The summed E-state index contributed by atoms with van der Waals surface area (Å²) in [6.07, 6.45) is -0.00724. The molecule has 1 atom stereocenters. The number of halogens is 4. The predicted molar refractivity (Wildman–Crippen MR) is 120 cm³/mol. The van der Waals surface area contributed by atoms with Crippen molar-refractivity contribution in [2.24, 2.45) is 5.41 Å². The molecule has 0 aliphatic heterocycles. The molecule has 10 heteroatoms. The van der Waals surface area contributed by atoms with Crippen molar-refractivity contribution in [1.29, 1.82) is 0 Å². The molecule has 3 heterocycles. The number of nitrogens with one attached hydrogen (secondary N) is 1. The van der Waals surface area contributed by atoms with Crippen molar-refractivity contribution in [2.75, 3.05) is 0 Å². The number of aryl methyl sites for hydroxylation is 1. The van der Waals surface area contributed by atoms with Gasteiger partial charge in [-0.3, -0.25) is 4.98 Å². The Balaban J connectivity index is 1.85. The summed E-state index contributed by atoms with van der Waals surface area (Å²) in [5, 5.41) is 0.624. The Morgan fingerprint density at radius 2 is 1.91 bits per heavy atom. The van der Waals surface area contributed by atoms with Gasteiger partial charge in [-0.1, -0.05) is 20.8 Å². The van der Waals surface area contributed by atoms with Gasteiger partial charge in [0.2, 0.25) is 0 Å². The molecule has 5 nitrogen and oxygen atoms in total. The van der Waals surface area contributed by atoms with Gasteiger partial charge in [0.1, 0.15) is 17.2 Å². The lowest BCUT2D eigenvalue weighted by atomic mass is 9.97. The maximum atomic E-state index is 15.2. The van der Waals surface area contributed by atoms with Crippen LogP contribution >= 0.6 is 0 Å². The number of fused-ring (bicyclic) bond motifs is 1. The average Bonchev–Trinajstić information content (AvgIpc) is 3.49. The van der Waals surface area contributed by atoms with Crippen LogP contribution in [-0.2, 0) is 30.3 Å². The molecule has 0 aromatic carbocycles. The summed E-state index contributed by atoms with van der Waals surface area (Å²) in [6, 6.07) is 2.47. The van der Waals surface area contributed by atoms with E-state index in [0.717, 1.165) is 19.0 Å². The fourth-order valence-electron chi connectivity index (χ4n) is 3.74. The van der Waals surface area contributed by atoms with Crippen molar-refractivity contribution in [2.45, 2.75) is 65.1 Å². The third-order valence-corrected chi connectivity index (χ3v) is 6.82. The van der Waals surface area contributed by atoms with Gasteiger partial charge in [0.15, 0.2) is 5.69 Å². The molecule has 0 radical (unpaired) electrons. The summed E-state index contributed by atoms with van der Waals surface area (Å²) < 4.78 is 73.1. The van der Waals surface area contributed by atoms with E-state index in [-0.39, 0.29) is 28.5 Å². The van der Waals surface area contributed by atoms with E-state index in [1.54, 1.807) is 6.92 Å². The molecule has 0 spiro atoms. The van der Waals surface area contributed by atoms with E-state index in [1.807, 2.05) is 31.5 Å². The van der Waals surface area contributed by atoms with E-state index in [2.05, 4.69) is 14.7 Å². The highest BCUT2D eigenvalue weighted by atomic mass is 32.2. The smallest absolute Gasteiger partial charge is 0.332 e. The van der Waals surface area contributed by atoms with E-state index in [1.165, 1.54) is 12.1 Å². The van der Waals surface area contributed by atoms with E-state index in [9.17, 15) is 17.4 Å². The van der Waals surface area contributed by atoms with Gasteiger partial charge >= 0.3 is 6.18 Å². The van der Waals surface area contributed by atoms with Crippen LogP contribution in [0.15, 0.2) is 24.5 Å². The highest BCUT2D eigenvalue weighted by Gasteiger charge is 2.37. The molecule has 1 aliphatic carbocycles. The number of rotatable bonds is 6. The Morgan fingerprint density at radius 3 is 2.52 bits per heavy atom. The highest BCUT2D eigenvalue weighted by Crippen LogP contribution is 2.38. The zero-order valence-electron chi connectivity index (χ0n) is 18.9. The van der Waals surface area contributed by atoms with Gasteiger partial charge in [0, 0.05) is 41.7 Å². The molecule has 178 valence electrons. The van der Waals surface area contributed by atoms with Crippen LogP contribution in [0.3, 0.4) is 0 Å². The quantitative estimate of drug-likeness (QED) is 0.470. The highest BCUT2D eigenvalue weighted by molar-refractivity contribution is 7.83. The van der Waals surface area contributed by atoms with Crippen LogP contribution in [0, 0.1) is 18.2 Å². The van der Waals surface area contributed by atoms with Crippen molar-refractivity contribution in [1.82, 2.24) is 19.3 Å². The van der Waals surface area contributed by atoms with Crippen molar-refractivity contribution >= 4 is 22.0 Å².